The summed E-state index contributed by atoms with van der Waals surface area (Å²) in [5.74, 6) is 0.702. The van der Waals surface area contributed by atoms with Crippen LogP contribution in [0.4, 0.5) is 0 Å². The normalized spacial score (nSPS) is 13.3. The van der Waals surface area contributed by atoms with Crippen LogP contribution >= 0.6 is 0 Å². The van der Waals surface area contributed by atoms with Crippen LogP contribution in [0.1, 0.15) is 77.3 Å². The highest BCUT2D eigenvalue weighted by Gasteiger charge is 2.13. The molecule has 1 rings (SSSR count). The lowest BCUT2D eigenvalue weighted by atomic mass is 9.95. The first-order valence-electron chi connectivity index (χ1n) is 6.80. The van der Waals surface area contributed by atoms with E-state index in [9.17, 15) is 0 Å². The zero-order chi connectivity index (χ0) is 12.0. The molecule has 0 N–H and O–H groups in total. The van der Waals surface area contributed by atoms with Gasteiger partial charge in [-0.15, -0.1) is 0 Å². The lowest BCUT2D eigenvalue weighted by Crippen LogP contribution is -2.07. The highest BCUT2D eigenvalue weighted by atomic mass is 15.3. The van der Waals surface area contributed by atoms with E-state index in [2.05, 4.69) is 49.9 Å². The van der Waals surface area contributed by atoms with Crippen molar-refractivity contribution in [2.75, 3.05) is 0 Å². The first kappa shape index (κ1) is 13.3. The Kier molecular flexibility index (Phi) is 5.58. The molecule has 0 aliphatic rings. The maximum atomic E-state index is 4.53. The van der Waals surface area contributed by atoms with Gasteiger partial charge in [0.25, 0.3) is 0 Å². The van der Waals surface area contributed by atoms with Crippen molar-refractivity contribution in [3.63, 3.8) is 0 Å². The number of nitrogens with zero attached hydrogens (tertiary/aromatic N) is 2. The van der Waals surface area contributed by atoms with Crippen LogP contribution in [-0.2, 0) is 0 Å². The van der Waals surface area contributed by atoms with Crippen molar-refractivity contribution in [3.8, 4) is 0 Å². The number of hydrogen-bond donors (Lipinski definition) is 0. The quantitative estimate of drug-likeness (QED) is 0.662. The second-order valence-corrected chi connectivity index (χ2v) is 4.62. The van der Waals surface area contributed by atoms with E-state index < -0.39 is 0 Å². The van der Waals surface area contributed by atoms with Gasteiger partial charge in [0.15, 0.2) is 0 Å². The van der Waals surface area contributed by atoms with Crippen LogP contribution in [0.15, 0.2) is 12.4 Å². The summed E-state index contributed by atoms with van der Waals surface area (Å²) in [5.41, 5.74) is 1.43. The summed E-state index contributed by atoms with van der Waals surface area (Å²) in [6.07, 6.45) is 10.4. The second-order valence-electron chi connectivity index (χ2n) is 4.62. The molecule has 0 bridgehead atoms. The fourth-order valence-electron chi connectivity index (χ4n) is 2.38. The average molecular weight is 222 g/mol. The van der Waals surface area contributed by atoms with E-state index in [1.807, 2.05) is 0 Å². The van der Waals surface area contributed by atoms with Gasteiger partial charge >= 0.3 is 0 Å². The smallest absolute Gasteiger partial charge is 0.0524 e. The minimum Gasteiger partial charge on any atom is -0.269 e. The van der Waals surface area contributed by atoms with Gasteiger partial charge in [0, 0.05) is 6.20 Å². The van der Waals surface area contributed by atoms with Crippen LogP contribution < -0.4 is 0 Å². The monoisotopic (exact) mass is 222 g/mol. The summed E-state index contributed by atoms with van der Waals surface area (Å²) in [4.78, 5) is 0. The average Bonchev–Trinajstić information content (AvgIpc) is 2.77. The molecule has 0 fully saturated rings. The first-order valence-corrected chi connectivity index (χ1v) is 6.80. The lowest BCUT2D eigenvalue weighted by molar-refractivity contribution is 0.427. The summed E-state index contributed by atoms with van der Waals surface area (Å²) in [6.45, 7) is 9.00. The van der Waals surface area contributed by atoms with E-state index in [0.717, 1.165) is 0 Å². The Morgan fingerprint density at radius 2 is 1.81 bits per heavy atom. The van der Waals surface area contributed by atoms with Gasteiger partial charge in [0.2, 0.25) is 0 Å². The van der Waals surface area contributed by atoms with E-state index in [1.54, 1.807) is 0 Å². The van der Waals surface area contributed by atoms with E-state index in [4.69, 9.17) is 0 Å². The topological polar surface area (TPSA) is 17.8 Å². The van der Waals surface area contributed by atoms with Crippen LogP contribution in [0.3, 0.4) is 0 Å². The van der Waals surface area contributed by atoms with Gasteiger partial charge in [0.1, 0.15) is 0 Å². The van der Waals surface area contributed by atoms with Gasteiger partial charge in [0.05, 0.1) is 12.2 Å². The van der Waals surface area contributed by atoms with Crippen LogP contribution in [0.2, 0.25) is 0 Å². The maximum absolute atomic E-state index is 4.53. The summed E-state index contributed by atoms with van der Waals surface area (Å²) in [7, 11) is 0. The fraction of sp³-hybridized carbons (Fsp3) is 0.786. The van der Waals surface area contributed by atoms with Crippen LogP contribution in [-0.4, -0.2) is 9.78 Å². The molecule has 16 heavy (non-hydrogen) atoms. The first-order chi connectivity index (χ1) is 7.76. The molecule has 0 aliphatic carbocycles. The van der Waals surface area contributed by atoms with Crippen molar-refractivity contribution in [1.82, 2.24) is 9.78 Å². The van der Waals surface area contributed by atoms with Crippen LogP contribution in [0, 0.1) is 0 Å². The fourth-order valence-corrected chi connectivity index (χ4v) is 2.38. The second kappa shape index (κ2) is 6.72. The third-order valence-corrected chi connectivity index (χ3v) is 3.54. The zero-order valence-corrected chi connectivity index (χ0v) is 11.2. The third-order valence-electron chi connectivity index (χ3n) is 3.54. The van der Waals surface area contributed by atoms with Crippen LogP contribution in [0.25, 0.3) is 0 Å². The number of aromatic nitrogens is 2. The molecule has 1 aromatic rings. The molecule has 1 atom stereocenters. The van der Waals surface area contributed by atoms with Crippen molar-refractivity contribution < 1.29 is 0 Å². The number of hydrogen-bond acceptors (Lipinski definition) is 1. The standard InChI is InChI=1S/C14H26N2/c1-5-9-12(6-2)13-10-15-16(11-13)14(7-3)8-4/h10-12,14H,5-9H2,1-4H3. The molecular weight excluding hydrogens is 196 g/mol. The van der Waals surface area contributed by atoms with E-state index in [-0.39, 0.29) is 0 Å². The predicted octanol–water partition coefficient (Wildman–Crippen LogP) is 4.54. The molecule has 0 spiro atoms. The lowest BCUT2D eigenvalue weighted by Gasteiger charge is -2.13. The van der Waals surface area contributed by atoms with Gasteiger partial charge in [-0.3, -0.25) is 4.68 Å². The van der Waals surface area contributed by atoms with Crippen molar-refractivity contribution >= 4 is 0 Å². The van der Waals surface area contributed by atoms with Gasteiger partial charge in [-0.1, -0.05) is 34.1 Å². The Balaban J connectivity index is 2.75. The van der Waals surface area contributed by atoms with Gasteiger partial charge in [-0.25, -0.2) is 0 Å². The molecule has 0 aromatic carbocycles. The highest BCUT2D eigenvalue weighted by molar-refractivity contribution is 5.11. The Morgan fingerprint density at radius 1 is 1.12 bits per heavy atom. The van der Waals surface area contributed by atoms with E-state index >= 15 is 0 Å². The number of rotatable bonds is 7. The minimum atomic E-state index is 0.577. The largest absolute Gasteiger partial charge is 0.269 e. The minimum absolute atomic E-state index is 0.577. The zero-order valence-electron chi connectivity index (χ0n) is 11.2. The van der Waals surface area contributed by atoms with E-state index in [1.165, 1.54) is 37.7 Å². The van der Waals surface area contributed by atoms with Crippen LogP contribution in [0.5, 0.6) is 0 Å². The highest BCUT2D eigenvalue weighted by Crippen LogP contribution is 2.25. The molecule has 0 aliphatic heterocycles. The SMILES string of the molecule is CCCC(CC)c1cnn(C(CC)CC)c1. The summed E-state index contributed by atoms with van der Waals surface area (Å²) >= 11 is 0. The van der Waals surface area contributed by atoms with Gasteiger partial charge in [-0.05, 0) is 37.2 Å². The molecule has 1 unspecified atom stereocenters. The Hall–Kier alpha value is -0.790. The molecule has 2 nitrogen and oxygen atoms in total. The molecule has 2 heteroatoms. The molecule has 0 amide bonds. The molecule has 0 radical (unpaired) electrons. The third kappa shape index (κ3) is 3.10. The van der Waals surface area contributed by atoms with Crippen molar-refractivity contribution in [3.05, 3.63) is 18.0 Å². The van der Waals surface area contributed by atoms with Gasteiger partial charge < -0.3 is 0 Å². The molecule has 1 aromatic heterocycles. The van der Waals surface area contributed by atoms with Gasteiger partial charge in [-0.2, -0.15) is 5.10 Å². The van der Waals surface area contributed by atoms with Crippen molar-refractivity contribution in [1.29, 1.82) is 0 Å². The Labute approximate surface area is 100 Å². The molecule has 0 saturated carbocycles. The molecule has 1 heterocycles. The predicted molar refractivity (Wildman–Crippen MR) is 69.8 cm³/mol. The summed E-state index contributed by atoms with van der Waals surface area (Å²) < 4.78 is 2.16. The molecule has 0 saturated heterocycles. The van der Waals surface area contributed by atoms with Crippen molar-refractivity contribution in [2.24, 2.45) is 0 Å². The van der Waals surface area contributed by atoms with E-state index in [0.29, 0.717) is 12.0 Å². The maximum Gasteiger partial charge on any atom is 0.0524 e. The Bertz CT molecular complexity index is 287. The van der Waals surface area contributed by atoms with Crippen molar-refractivity contribution in [2.45, 2.75) is 71.8 Å². The summed E-state index contributed by atoms with van der Waals surface area (Å²) in [6, 6.07) is 0.577. The molecular formula is C14H26N2. The Morgan fingerprint density at radius 3 is 2.31 bits per heavy atom. The molecule has 92 valence electrons. The summed E-state index contributed by atoms with van der Waals surface area (Å²) in [5, 5.41) is 4.53.